The highest BCUT2D eigenvalue weighted by Gasteiger charge is 2.43. The van der Waals surface area contributed by atoms with Crippen LogP contribution >= 0.6 is 0 Å². The molecule has 21 nitrogen and oxygen atoms in total. The van der Waals surface area contributed by atoms with Crippen LogP contribution in [0.4, 0.5) is 10.5 Å². The predicted octanol–water partition coefficient (Wildman–Crippen LogP) is 1.95. The summed E-state index contributed by atoms with van der Waals surface area (Å²) in [5, 5.41) is 13.6. The van der Waals surface area contributed by atoms with E-state index in [9.17, 15) is 38.4 Å². The molecule has 412 valence electrons. The molecule has 9 atom stereocenters. The lowest BCUT2D eigenvalue weighted by Gasteiger charge is -2.39. The number of carbonyl (C=O) groups is 8. The van der Waals surface area contributed by atoms with Crippen molar-refractivity contribution in [1.82, 2.24) is 36.0 Å². The number of urea groups is 1. The number of nitrogens with one attached hydrogen (secondary N) is 5. The molecule has 2 aromatic rings. The topological polar surface area (TPSA) is 286 Å². The van der Waals surface area contributed by atoms with Crippen LogP contribution in [0.1, 0.15) is 84.3 Å². The molecule has 21 heteroatoms. The Labute approximate surface area is 437 Å². The number of primary amides is 1. The van der Waals surface area contributed by atoms with Gasteiger partial charge in [-0.1, -0.05) is 83.5 Å². The van der Waals surface area contributed by atoms with Crippen LogP contribution in [0.2, 0.25) is 0 Å². The van der Waals surface area contributed by atoms with Crippen molar-refractivity contribution in [2.45, 2.75) is 128 Å². The number of likely N-dealkylation sites (N-methyl/N-ethyl adjacent to an activating group) is 2. The Hall–Kier alpha value is -6.16. The molecule has 3 rings (SSSR count). The molecule has 74 heavy (non-hydrogen) atoms. The zero-order chi connectivity index (χ0) is 55.1. The summed E-state index contributed by atoms with van der Waals surface area (Å²) in [5.74, 6) is -3.72. The summed E-state index contributed by atoms with van der Waals surface area (Å²) in [4.78, 5) is 110. The van der Waals surface area contributed by atoms with Crippen LogP contribution in [0.15, 0.2) is 54.6 Å². The number of rotatable bonds is 31. The molecule has 0 aromatic heterocycles. The second kappa shape index (κ2) is 31.5. The molecule has 0 saturated carbocycles. The summed E-state index contributed by atoms with van der Waals surface area (Å²) in [5.41, 5.74) is 12.9. The van der Waals surface area contributed by atoms with Gasteiger partial charge in [-0.2, -0.15) is 0 Å². The van der Waals surface area contributed by atoms with Gasteiger partial charge in [0.25, 0.3) is 0 Å². The van der Waals surface area contributed by atoms with Crippen molar-refractivity contribution < 1.29 is 52.6 Å². The summed E-state index contributed by atoms with van der Waals surface area (Å²) < 4.78 is 17.0. The molecule has 0 aliphatic carbocycles. The Morgan fingerprint density at radius 2 is 1.50 bits per heavy atom. The number of amides is 8. The van der Waals surface area contributed by atoms with Crippen LogP contribution in [-0.2, 0) is 60.6 Å². The van der Waals surface area contributed by atoms with Crippen LogP contribution in [0, 0.1) is 17.8 Å². The van der Waals surface area contributed by atoms with E-state index in [0.29, 0.717) is 50.9 Å². The number of esters is 1. The molecule has 0 radical (unpaired) electrons. The van der Waals surface area contributed by atoms with Crippen molar-refractivity contribution in [3.63, 3.8) is 0 Å². The molecule has 0 spiro atoms. The average molecular weight is 1040 g/mol. The van der Waals surface area contributed by atoms with Gasteiger partial charge in [-0.3, -0.25) is 33.7 Å². The van der Waals surface area contributed by atoms with Crippen LogP contribution < -0.4 is 38.1 Å². The van der Waals surface area contributed by atoms with Crippen molar-refractivity contribution in [3.05, 3.63) is 65.7 Å². The van der Waals surface area contributed by atoms with E-state index >= 15 is 0 Å². The highest BCUT2D eigenvalue weighted by molar-refractivity contribution is 5.97. The number of hydrogen-bond donors (Lipinski definition) is 7. The van der Waals surface area contributed by atoms with Crippen molar-refractivity contribution in [2.75, 3.05) is 73.5 Å². The first-order chi connectivity index (χ1) is 35.2. The van der Waals surface area contributed by atoms with Crippen LogP contribution in [0.5, 0.6) is 0 Å². The van der Waals surface area contributed by atoms with Crippen LogP contribution in [0.3, 0.4) is 0 Å². The van der Waals surface area contributed by atoms with E-state index in [1.807, 2.05) is 82.1 Å². The van der Waals surface area contributed by atoms with Gasteiger partial charge in [0.15, 0.2) is 0 Å². The molecular weight excluding hydrogens is 953 g/mol. The van der Waals surface area contributed by atoms with Gasteiger partial charge < -0.3 is 62.1 Å². The summed E-state index contributed by atoms with van der Waals surface area (Å²) in [6.07, 6.45) is 1.98. The number of likely N-dealkylation sites (tertiary alicyclic amines) is 1. The third-order valence-corrected chi connectivity index (χ3v) is 14.0. The third-order valence-electron chi connectivity index (χ3n) is 14.0. The molecule has 2 unspecified atom stereocenters. The first-order valence-corrected chi connectivity index (χ1v) is 25.6. The minimum Gasteiger partial charge on any atom is -0.467 e. The van der Waals surface area contributed by atoms with E-state index in [-0.39, 0.29) is 68.5 Å². The maximum atomic E-state index is 14.3. The Balaban J connectivity index is 1.62. The van der Waals surface area contributed by atoms with Gasteiger partial charge in [-0.25, -0.2) is 9.59 Å². The number of benzene rings is 2. The number of nitrogens with two attached hydrogens (primary N) is 2. The van der Waals surface area contributed by atoms with Gasteiger partial charge in [-0.15, -0.1) is 0 Å². The SMILES string of the molecule is CC[C@H](C)C([C@@H](CC(=O)N1CCC[C@H]1[C@H](OC)[C@@H](C)C(=O)N[C@@H](Cc1ccccc1)C(=O)OC)OC)N(C)C(=O)CNC(=O)C(C(C)C)N(C)CCc1ccc(NC(=O)[C@H](CCCNC(N)=O)NC(=O)CN)cc1. The molecule has 0 bridgehead atoms. The minimum atomic E-state index is -0.922. The van der Waals surface area contributed by atoms with Crippen LogP contribution in [-0.4, -0.2) is 173 Å². The standard InChI is InChI=1S/C53H84N10O11/c1-11-34(4)47(42(72-8)30-44(65)63-27-16-20-41(63)48(73-9)35(5)49(67)60-40(52(70)74-10)29-37-17-13-12-14-18-37)62(7)45(66)32-57-51(69)46(33(2)3)61(6)28-25-36-21-23-38(24-22-36)58-50(68)39(59-43(64)31-54)19-15-26-56-53(55)71/h12-14,17-18,21-24,33-35,39-42,46-48H,11,15-16,19-20,25-32,54H2,1-10H3,(H,57,69)(H,58,68)(H,59,64)(H,60,67)(H3,55,56,71)/t34-,35+,39-,40-,41-,42+,46?,47?,48+/m0/s1. The highest BCUT2D eigenvalue weighted by Crippen LogP contribution is 2.29. The first kappa shape index (κ1) is 62.1. The van der Waals surface area contributed by atoms with Gasteiger partial charge in [0.1, 0.15) is 12.1 Å². The quantitative estimate of drug-likeness (QED) is 0.0421. The number of hydrogen-bond acceptors (Lipinski definition) is 13. The van der Waals surface area contributed by atoms with Crippen molar-refractivity contribution in [3.8, 4) is 0 Å². The van der Waals surface area contributed by atoms with Gasteiger partial charge in [0, 0.05) is 53.0 Å². The molecule has 1 saturated heterocycles. The van der Waals surface area contributed by atoms with E-state index in [0.717, 1.165) is 11.1 Å². The first-order valence-electron chi connectivity index (χ1n) is 25.6. The molecule has 1 aliphatic rings. The molecule has 8 amide bonds. The van der Waals surface area contributed by atoms with Crippen molar-refractivity contribution in [2.24, 2.45) is 29.2 Å². The maximum Gasteiger partial charge on any atom is 0.328 e. The maximum absolute atomic E-state index is 14.3. The molecular formula is C53H84N10O11. The minimum absolute atomic E-state index is 0.0453. The Morgan fingerprint density at radius 3 is 2.08 bits per heavy atom. The van der Waals surface area contributed by atoms with Gasteiger partial charge in [0.2, 0.25) is 35.4 Å². The van der Waals surface area contributed by atoms with E-state index in [1.54, 1.807) is 35.9 Å². The molecule has 1 heterocycles. The van der Waals surface area contributed by atoms with Gasteiger partial charge >= 0.3 is 12.0 Å². The zero-order valence-electron chi connectivity index (χ0n) is 45.1. The second-order valence-electron chi connectivity index (χ2n) is 19.5. The van der Waals surface area contributed by atoms with E-state index < -0.39 is 78.1 Å². The molecule has 1 fully saturated rings. The number of methoxy groups -OCH3 is 3. The number of carbonyl (C=O) groups excluding carboxylic acids is 8. The Morgan fingerprint density at radius 1 is 0.824 bits per heavy atom. The van der Waals surface area contributed by atoms with Gasteiger partial charge in [-0.05, 0) is 74.2 Å². The van der Waals surface area contributed by atoms with Crippen LogP contribution in [0.25, 0.3) is 0 Å². The Kier molecular flexibility index (Phi) is 26.5. The van der Waals surface area contributed by atoms with E-state index in [4.69, 9.17) is 25.7 Å². The molecule has 9 N–H and O–H groups in total. The lowest BCUT2D eigenvalue weighted by molar-refractivity contribution is -0.148. The third kappa shape index (κ3) is 19.0. The highest BCUT2D eigenvalue weighted by atomic mass is 16.5. The number of nitrogens with zero attached hydrogens (tertiary/aromatic N) is 3. The zero-order valence-corrected chi connectivity index (χ0v) is 45.1. The smallest absolute Gasteiger partial charge is 0.328 e. The fourth-order valence-electron chi connectivity index (χ4n) is 9.69. The second-order valence-corrected chi connectivity index (χ2v) is 19.5. The summed E-state index contributed by atoms with van der Waals surface area (Å²) in [6, 6.07) is 12.5. The summed E-state index contributed by atoms with van der Waals surface area (Å²) in [6.45, 7) is 10.2. The summed E-state index contributed by atoms with van der Waals surface area (Å²) >= 11 is 0. The van der Waals surface area contributed by atoms with E-state index in [1.165, 1.54) is 21.3 Å². The molecule has 1 aliphatic heterocycles. The van der Waals surface area contributed by atoms with Gasteiger partial charge in [0.05, 0.1) is 62.9 Å². The predicted molar refractivity (Wildman–Crippen MR) is 281 cm³/mol. The fraction of sp³-hybridized carbons (Fsp3) is 0.623. The normalized spacial score (nSPS) is 16.7. The fourth-order valence-corrected chi connectivity index (χ4v) is 9.69. The monoisotopic (exact) mass is 1040 g/mol. The van der Waals surface area contributed by atoms with Crippen molar-refractivity contribution in [1.29, 1.82) is 0 Å². The lowest BCUT2D eigenvalue weighted by Crippen LogP contribution is -2.55. The largest absolute Gasteiger partial charge is 0.467 e. The molecule has 2 aromatic carbocycles. The van der Waals surface area contributed by atoms with E-state index in [2.05, 4.69) is 26.6 Å². The average Bonchev–Trinajstić information content (AvgIpc) is 3.87. The lowest BCUT2D eigenvalue weighted by atomic mass is 9.90. The number of ether oxygens (including phenoxy) is 3. The summed E-state index contributed by atoms with van der Waals surface area (Å²) in [7, 11) is 7.81. The van der Waals surface area contributed by atoms with Crippen molar-refractivity contribution >= 4 is 53.1 Å². The number of anilines is 1. The Bertz CT molecular complexity index is 2130.